The fraction of sp³-hybridized carbons (Fsp3) is 0. The predicted molar refractivity (Wildman–Crippen MR) is 244 cm³/mol. The van der Waals surface area contributed by atoms with Gasteiger partial charge in [-0.25, -0.2) is 15.0 Å². The van der Waals surface area contributed by atoms with Crippen molar-refractivity contribution in [3.8, 4) is 56.4 Å². The molecule has 12 rings (SSSR count). The zero-order valence-corrected chi connectivity index (χ0v) is 31.8. The first-order chi connectivity index (χ1) is 29.2. The Bertz CT molecular complexity index is 3610. The summed E-state index contributed by atoms with van der Waals surface area (Å²) in [6.07, 6.45) is 0. The molecule has 12 aromatic rings. The molecular formula is C55H33N3O. The molecule has 274 valence electrons. The quantitative estimate of drug-likeness (QED) is 0.130. The molecule has 10 aromatic carbocycles. The summed E-state index contributed by atoms with van der Waals surface area (Å²) in [6.45, 7) is 0. The van der Waals surface area contributed by atoms with Crippen LogP contribution in [0.4, 0.5) is 0 Å². The predicted octanol–water partition coefficient (Wildman–Crippen LogP) is 14.7. The third-order valence-corrected chi connectivity index (χ3v) is 11.7. The molecule has 0 aliphatic rings. The van der Waals surface area contributed by atoms with Crippen molar-refractivity contribution >= 4 is 65.0 Å². The molecule has 0 bridgehead atoms. The van der Waals surface area contributed by atoms with Crippen LogP contribution in [0.1, 0.15) is 0 Å². The molecule has 0 N–H and O–H groups in total. The van der Waals surface area contributed by atoms with Crippen molar-refractivity contribution < 1.29 is 4.42 Å². The molecule has 0 saturated heterocycles. The molecule has 0 amide bonds. The molecule has 2 heterocycles. The smallest absolute Gasteiger partial charge is 0.165 e. The number of rotatable bonds is 5. The lowest BCUT2D eigenvalue weighted by atomic mass is 9.93. The number of fused-ring (bicyclic) bond motifs is 8. The van der Waals surface area contributed by atoms with Crippen molar-refractivity contribution in [1.82, 2.24) is 15.0 Å². The van der Waals surface area contributed by atoms with E-state index in [1.807, 2.05) is 6.07 Å². The van der Waals surface area contributed by atoms with Crippen molar-refractivity contribution in [2.45, 2.75) is 0 Å². The van der Waals surface area contributed by atoms with Crippen molar-refractivity contribution in [3.05, 3.63) is 200 Å². The zero-order chi connectivity index (χ0) is 38.9. The van der Waals surface area contributed by atoms with Gasteiger partial charge in [0.1, 0.15) is 11.2 Å². The molecule has 0 radical (unpaired) electrons. The number of nitrogens with zero attached hydrogens (tertiary/aromatic N) is 3. The van der Waals surface area contributed by atoms with E-state index in [9.17, 15) is 0 Å². The van der Waals surface area contributed by atoms with Gasteiger partial charge in [0.05, 0.1) is 0 Å². The molecule has 0 unspecified atom stereocenters. The topological polar surface area (TPSA) is 51.8 Å². The molecule has 4 heteroatoms. The van der Waals surface area contributed by atoms with Crippen molar-refractivity contribution in [3.63, 3.8) is 0 Å². The Morgan fingerprint density at radius 2 is 0.864 bits per heavy atom. The van der Waals surface area contributed by atoms with Crippen LogP contribution in [0.15, 0.2) is 205 Å². The van der Waals surface area contributed by atoms with Crippen LogP contribution in [-0.4, -0.2) is 15.0 Å². The van der Waals surface area contributed by atoms with Gasteiger partial charge in [-0.15, -0.1) is 0 Å². The van der Waals surface area contributed by atoms with Crippen LogP contribution in [0.25, 0.3) is 121 Å². The van der Waals surface area contributed by atoms with E-state index in [1.54, 1.807) is 0 Å². The highest BCUT2D eigenvalue weighted by atomic mass is 16.3. The Morgan fingerprint density at radius 3 is 1.69 bits per heavy atom. The van der Waals surface area contributed by atoms with Gasteiger partial charge in [0.25, 0.3) is 0 Å². The highest BCUT2D eigenvalue weighted by molar-refractivity contribution is 6.19. The zero-order valence-electron chi connectivity index (χ0n) is 31.8. The molecule has 59 heavy (non-hydrogen) atoms. The van der Waals surface area contributed by atoms with E-state index in [1.165, 1.54) is 26.9 Å². The maximum absolute atomic E-state index is 6.31. The average Bonchev–Trinajstić information content (AvgIpc) is 3.66. The number of benzene rings is 10. The first-order valence-corrected chi connectivity index (χ1v) is 19.9. The summed E-state index contributed by atoms with van der Waals surface area (Å²) in [4.78, 5) is 16.0. The summed E-state index contributed by atoms with van der Waals surface area (Å²) >= 11 is 0. The van der Waals surface area contributed by atoms with E-state index in [0.717, 1.165) is 77.0 Å². The molecule has 0 spiro atoms. The van der Waals surface area contributed by atoms with Gasteiger partial charge in [-0.2, -0.15) is 0 Å². The largest absolute Gasteiger partial charge is 0.456 e. The van der Waals surface area contributed by atoms with Gasteiger partial charge in [0.2, 0.25) is 0 Å². The summed E-state index contributed by atoms with van der Waals surface area (Å²) < 4.78 is 6.31. The van der Waals surface area contributed by atoms with E-state index >= 15 is 0 Å². The number of furan rings is 1. The number of hydrogen-bond donors (Lipinski definition) is 0. The first kappa shape index (κ1) is 33.2. The highest BCUT2D eigenvalue weighted by Gasteiger charge is 2.20. The van der Waals surface area contributed by atoms with E-state index in [2.05, 4.69) is 194 Å². The van der Waals surface area contributed by atoms with Crippen molar-refractivity contribution in [2.24, 2.45) is 0 Å². The Balaban J connectivity index is 1.05. The Morgan fingerprint density at radius 1 is 0.271 bits per heavy atom. The van der Waals surface area contributed by atoms with Crippen LogP contribution in [-0.2, 0) is 0 Å². The number of aromatic nitrogens is 3. The van der Waals surface area contributed by atoms with Crippen LogP contribution in [0.3, 0.4) is 0 Å². The van der Waals surface area contributed by atoms with E-state index in [-0.39, 0.29) is 0 Å². The van der Waals surface area contributed by atoms with E-state index in [4.69, 9.17) is 19.4 Å². The minimum atomic E-state index is 0.615. The monoisotopic (exact) mass is 751 g/mol. The molecule has 0 aliphatic heterocycles. The Kier molecular flexibility index (Phi) is 7.50. The number of hydrogen-bond acceptors (Lipinski definition) is 4. The summed E-state index contributed by atoms with van der Waals surface area (Å²) in [5, 5.41) is 11.5. The van der Waals surface area contributed by atoms with Gasteiger partial charge in [-0.3, -0.25) is 0 Å². The molecular weight excluding hydrogens is 719 g/mol. The first-order valence-electron chi connectivity index (χ1n) is 19.9. The third kappa shape index (κ3) is 5.57. The van der Waals surface area contributed by atoms with Crippen LogP contribution in [0, 0.1) is 0 Å². The van der Waals surface area contributed by atoms with Gasteiger partial charge in [-0.05, 0) is 95.7 Å². The van der Waals surface area contributed by atoms with E-state index in [0.29, 0.717) is 17.5 Å². The normalized spacial score (nSPS) is 11.7. The van der Waals surface area contributed by atoms with Gasteiger partial charge in [-0.1, -0.05) is 170 Å². The van der Waals surface area contributed by atoms with Crippen LogP contribution >= 0.6 is 0 Å². The molecule has 4 nitrogen and oxygen atoms in total. The standard InChI is InChI=1S/C55H33N3O/c1-2-12-35(13-3-1)42-18-10-11-21-46(42)54-56-53(57-55(58-54)52-44-20-9-7-17-41(44)32-47-43-19-8-6-14-36(43)26-28-45(47)52)37-24-22-34(23-25-37)40-27-29-50-48(31-40)49-30-38-15-4-5-16-39(38)33-51(49)59-50/h1-33H. The molecule has 2 aromatic heterocycles. The summed E-state index contributed by atoms with van der Waals surface area (Å²) in [7, 11) is 0. The second-order valence-electron chi connectivity index (χ2n) is 15.2. The molecule has 0 fully saturated rings. The lowest BCUT2D eigenvalue weighted by Gasteiger charge is -2.15. The van der Waals surface area contributed by atoms with Crippen molar-refractivity contribution in [2.75, 3.05) is 0 Å². The Labute approximate surface area is 339 Å². The molecule has 0 aliphatic carbocycles. The fourth-order valence-corrected chi connectivity index (χ4v) is 8.80. The minimum Gasteiger partial charge on any atom is -0.456 e. The SMILES string of the molecule is c1ccc(-c2ccccc2-c2nc(-c3ccc(-c4ccc5oc6cc7ccccc7cc6c5c4)cc3)nc(-c3c4ccccc4cc4c3ccc3ccccc34)n2)cc1. The summed E-state index contributed by atoms with van der Waals surface area (Å²) in [5.41, 5.74) is 9.01. The summed E-state index contributed by atoms with van der Waals surface area (Å²) in [5.74, 6) is 1.88. The lowest BCUT2D eigenvalue weighted by molar-refractivity contribution is 0.669. The summed E-state index contributed by atoms with van der Waals surface area (Å²) in [6, 6.07) is 70.5. The van der Waals surface area contributed by atoms with Gasteiger partial charge >= 0.3 is 0 Å². The molecule has 0 atom stereocenters. The van der Waals surface area contributed by atoms with Gasteiger partial charge in [0.15, 0.2) is 17.5 Å². The van der Waals surface area contributed by atoms with Gasteiger partial charge in [0, 0.05) is 27.5 Å². The fourth-order valence-electron chi connectivity index (χ4n) is 8.80. The second kappa shape index (κ2) is 13.3. The van der Waals surface area contributed by atoms with E-state index < -0.39 is 0 Å². The molecule has 0 saturated carbocycles. The Hall–Kier alpha value is -7.95. The third-order valence-electron chi connectivity index (χ3n) is 11.7. The maximum Gasteiger partial charge on any atom is 0.165 e. The highest BCUT2D eigenvalue weighted by Crippen LogP contribution is 2.41. The van der Waals surface area contributed by atoms with Crippen LogP contribution in [0.5, 0.6) is 0 Å². The minimum absolute atomic E-state index is 0.615. The van der Waals surface area contributed by atoms with Gasteiger partial charge < -0.3 is 4.42 Å². The van der Waals surface area contributed by atoms with Crippen molar-refractivity contribution in [1.29, 1.82) is 0 Å². The maximum atomic E-state index is 6.31. The van der Waals surface area contributed by atoms with Crippen LogP contribution < -0.4 is 0 Å². The lowest BCUT2D eigenvalue weighted by Crippen LogP contribution is -2.02. The second-order valence-corrected chi connectivity index (χ2v) is 15.2. The van der Waals surface area contributed by atoms with Crippen LogP contribution in [0.2, 0.25) is 0 Å². The average molecular weight is 752 g/mol.